The molecule has 1 aromatic heterocycles. The minimum atomic E-state index is -4.07. The third-order valence-corrected chi connectivity index (χ3v) is 11.5. The van der Waals surface area contributed by atoms with Gasteiger partial charge in [0.2, 0.25) is 15.9 Å². The topological polar surface area (TPSA) is 156 Å². The van der Waals surface area contributed by atoms with E-state index in [-0.39, 0.29) is 42.3 Å². The number of urea groups is 1. The molecule has 0 spiro atoms. The van der Waals surface area contributed by atoms with Crippen LogP contribution in [0.15, 0.2) is 101 Å². The lowest BCUT2D eigenvalue weighted by Crippen LogP contribution is -2.57. The molecule has 5 rings (SSSR count). The molecule has 282 valence electrons. The predicted molar refractivity (Wildman–Crippen MR) is 205 cm³/mol. The molecule has 1 aliphatic rings. The first kappa shape index (κ1) is 39.4. The van der Waals surface area contributed by atoms with Gasteiger partial charge in [-0.15, -0.1) is 0 Å². The first-order valence-electron chi connectivity index (χ1n) is 18.1. The van der Waals surface area contributed by atoms with Crippen LogP contribution in [0.5, 0.6) is 0 Å². The van der Waals surface area contributed by atoms with Gasteiger partial charge in [-0.1, -0.05) is 106 Å². The molecule has 0 radical (unpaired) electrons. The van der Waals surface area contributed by atoms with Crippen LogP contribution in [0.3, 0.4) is 0 Å². The van der Waals surface area contributed by atoms with E-state index in [9.17, 15) is 23.1 Å². The van der Waals surface area contributed by atoms with Crippen LogP contribution in [0.25, 0.3) is 10.9 Å². The molecule has 1 fully saturated rings. The zero-order valence-electron chi connectivity index (χ0n) is 30.7. The van der Waals surface area contributed by atoms with Crippen molar-refractivity contribution in [2.75, 3.05) is 26.2 Å². The van der Waals surface area contributed by atoms with E-state index in [0.29, 0.717) is 31.6 Å². The number of nitrogens with one attached hydrogen (secondary N) is 1. The van der Waals surface area contributed by atoms with Crippen LogP contribution in [0.2, 0.25) is 0 Å². The number of carbonyl (C=O) groups is 2. The van der Waals surface area contributed by atoms with Crippen molar-refractivity contribution in [2.45, 2.75) is 70.2 Å². The molecule has 2 unspecified atom stereocenters. The molecule has 0 saturated carbocycles. The summed E-state index contributed by atoms with van der Waals surface area (Å²) < 4.78 is 29.1. The maximum atomic E-state index is 14.4. The van der Waals surface area contributed by atoms with Crippen molar-refractivity contribution >= 4 is 39.1 Å². The smallest absolute Gasteiger partial charge is 0.321 e. The van der Waals surface area contributed by atoms with Crippen molar-refractivity contribution in [3.8, 4) is 0 Å². The first-order valence-corrected chi connectivity index (χ1v) is 19.6. The molecule has 4 aromatic rings. The molecule has 12 nitrogen and oxygen atoms in total. The Morgan fingerprint density at radius 2 is 1.66 bits per heavy atom. The maximum Gasteiger partial charge on any atom is 0.321 e. The number of aliphatic hydroxyl groups is 1. The summed E-state index contributed by atoms with van der Waals surface area (Å²) in [6.07, 6.45) is 0.768. The van der Waals surface area contributed by atoms with Crippen molar-refractivity contribution in [1.82, 2.24) is 24.4 Å². The summed E-state index contributed by atoms with van der Waals surface area (Å²) in [6.45, 7) is 8.63. The van der Waals surface area contributed by atoms with Gasteiger partial charge in [-0.2, -0.15) is 4.31 Å². The fourth-order valence-electron chi connectivity index (χ4n) is 6.70. The van der Waals surface area contributed by atoms with Gasteiger partial charge in [0.15, 0.2) is 0 Å². The van der Waals surface area contributed by atoms with E-state index in [2.05, 4.69) is 10.5 Å². The van der Waals surface area contributed by atoms with Crippen LogP contribution in [0, 0.1) is 11.8 Å². The van der Waals surface area contributed by atoms with Crippen molar-refractivity contribution < 1.29 is 28.3 Å². The van der Waals surface area contributed by atoms with E-state index < -0.39 is 34.1 Å². The van der Waals surface area contributed by atoms with Crippen molar-refractivity contribution in [1.29, 1.82) is 0 Å². The number of nitrogens with zero attached hydrogens (tertiary/aromatic N) is 5. The van der Waals surface area contributed by atoms with Gasteiger partial charge in [-0.25, -0.2) is 13.2 Å². The quantitative estimate of drug-likeness (QED) is 0.0770. The minimum absolute atomic E-state index is 0.0249. The standard InChI is InChI=1S/C40H50N6O6S/c1-5-29(4)38(46-22-21-44(40(46)49)26-33-18-17-32-13-9-10-14-35(32)42-33)39(48)43-36(23-30-11-7-6-8-12-30)37(47)27-45(25-28(2)3)53(51,52)34-19-15-31(16-20-34)24-41-50/h6-20,24,28-29,36-38,47,50H,5,21-23,25-27H2,1-4H3,(H,43,48)/b41-24+/t29?,36-,37+,38?/m0/s1. The van der Waals surface area contributed by atoms with Crippen molar-refractivity contribution in [2.24, 2.45) is 17.0 Å². The van der Waals surface area contributed by atoms with Crippen LogP contribution >= 0.6 is 0 Å². The Morgan fingerprint density at radius 3 is 2.34 bits per heavy atom. The number of hydrogen-bond acceptors (Lipinski definition) is 8. The molecule has 53 heavy (non-hydrogen) atoms. The number of hydrogen-bond donors (Lipinski definition) is 3. The molecule has 0 aliphatic carbocycles. The monoisotopic (exact) mass is 742 g/mol. The Kier molecular flexibility index (Phi) is 13.2. The molecule has 2 heterocycles. The first-order chi connectivity index (χ1) is 25.4. The zero-order valence-corrected chi connectivity index (χ0v) is 31.6. The lowest BCUT2D eigenvalue weighted by molar-refractivity contribution is -0.128. The molecule has 0 bridgehead atoms. The highest BCUT2D eigenvalue weighted by Crippen LogP contribution is 2.24. The number of rotatable bonds is 17. The summed E-state index contributed by atoms with van der Waals surface area (Å²) in [5, 5.41) is 27.8. The second-order valence-corrected chi connectivity index (χ2v) is 16.1. The van der Waals surface area contributed by atoms with Crippen molar-refractivity contribution in [3.05, 3.63) is 108 Å². The number of fused-ring (bicyclic) bond motifs is 1. The van der Waals surface area contributed by atoms with Crippen LogP contribution in [-0.4, -0.2) is 100 Å². The summed E-state index contributed by atoms with van der Waals surface area (Å²) in [5.74, 6) is -0.676. The molecule has 3 N–H and O–H groups in total. The van der Waals surface area contributed by atoms with Gasteiger partial charge in [0.1, 0.15) is 6.04 Å². The summed E-state index contributed by atoms with van der Waals surface area (Å²) in [6, 6.07) is 25.1. The molecule has 1 aliphatic heterocycles. The number of oxime groups is 1. The third kappa shape index (κ3) is 9.78. The highest BCUT2D eigenvalue weighted by molar-refractivity contribution is 7.89. The molecule has 3 aromatic carbocycles. The number of carbonyl (C=O) groups excluding carboxylic acids is 2. The van der Waals surface area contributed by atoms with Gasteiger partial charge in [-0.3, -0.25) is 9.78 Å². The second kappa shape index (κ2) is 17.8. The van der Waals surface area contributed by atoms with E-state index in [0.717, 1.165) is 22.2 Å². The highest BCUT2D eigenvalue weighted by atomic mass is 32.2. The average Bonchev–Trinajstić information content (AvgIpc) is 3.49. The Labute approximate surface area is 312 Å². The van der Waals surface area contributed by atoms with E-state index in [1.54, 1.807) is 9.80 Å². The fraction of sp³-hybridized carbons (Fsp3) is 0.400. The van der Waals surface area contributed by atoms with Gasteiger partial charge in [0.25, 0.3) is 0 Å². The largest absolute Gasteiger partial charge is 0.411 e. The van der Waals surface area contributed by atoms with Crippen LogP contribution in [0.1, 0.15) is 50.9 Å². The van der Waals surface area contributed by atoms with Gasteiger partial charge in [0.05, 0.1) is 41.0 Å². The predicted octanol–water partition coefficient (Wildman–Crippen LogP) is 5.13. The van der Waals surface area contributed by atoms with E-state index in [4.69, 9.17) is 10.2 Å². The number of pyridine rings is 1. The summed E-state index contributed by atoms with van der Waals surface area (Å²) in [7, 11) is -4.07. The zero-order chi connectivity index (χ0) is 38.1. The van der Waals surface area contributed by atoms with E-state index in [1.807, 2.05) is 94.4 Å². The average molecular weight is 743 g/mol. The number of para-hydroxylation sites is 1. The van der Waals surface area contributed by atoms with E-state index >= 15 is 0 Å². The Balaban J connectivity index is 1.37. The lowest BCUT2D eigenvalue weighted by atomic mass is 9.95. The van der Waals surface area contributed by atoms with Crippen LogP contribution < -0.4 is 5.32 Å². The van der Waals surface area contributed by atoms with Crippen LogP contribution in [-0.2, 0) is 27.8 Å². The molecule has 4 atom stereocenters. The lowest BCUT2D eigenvalue weighted by Gasteiger charge is -2.35. The third-order valence-electron chi connectivity index (χ3n) is 9.70. The normalized spacial score (nSPS) is 16.1. The number of amides is 3. The number of benzene rings is 3. The Bertz CT molecular complexity index is 1970. The summed E-state index contributed by atoms with van der Waals surface area (Å²) >= 11 is 0. The molecule has 1 saturated heterocycles. The van der Waals surface area contributed by atoms with Gasteiger partial charge < -0.3 is 25.4 Å². The summed E-state index contributed by atoms with van der Waals surface area (Å²) in [4.78, 5) is 36.3. The minimum Gasteiger partial charge on any atom is -0.411 e. The van der Waals surface area contributed by atoms with Gasteiger partial charge in [-0.05, 0) is 53.6 Å². The second-order valence-electron chi connectivity index (χ2n) is 14.1. The molecule has 3 amide bonds. The molecular weight excluding hydrogens is 693 g/mol. The van der Waals surface area contributed by atoms with E-state index in [1.165, 1.54) is 34.8 Å². The number of sulfonamides is 1. The SMILES string of the molecule is CCC(C)C(C(=O)N[C@@H](Cc1ccccc1)[C@H](O)CN(CC(C)C)S(=O)(=O)c1ccc(/C=N/O)cc1)N1CCN(Cc2ccc3ccccc3n2)C1=O. The number of aromatic nitrogens is 1. The van der Waals surface area contributed by atoms with Crippen molar-refractivity contribution in [3.63, 3.8) is 0 Å². The van der Waals surface area contributed by atoms with Crippen LogP contribution in [0.4, 0.5) is 4.79 Å². The Hall–Kier alpha value is -4.85. The van der Waals surface area contributed by atoms with Gasteiger partial charge in [0, 0.05) is 31.6 Å². The number of aliphatic hydroxyl groups excluding tert-OH is 1. The Morgan fingerprint density at radius 1 is 0.962 bits per heavy atom. The van der Waals surface area contributed by atoms with Gasteiger partial charge >= 0.3 is 6.03 Å². The molecular formula is C40H50N6O6S. The fourth-order valence-corrected chi connectivity index (χ4v) is 8.32. The summed E-state index contributed by atoms with van der Waals surface area (Å²) in [5.41, 5.74) is 2.97. The highest BCUT2D eigenvalue weighted by Gasteiger charge is 2.41. The molecule has 13 heteroatoms. The maximum absolute atomic E-state index is 14.4.